The highest BCUT2D eigenvalue weighted by Crippen LogP contribution is 2.34. The van der Waals surface area contributed by atoms with Crippen molar-refractivity contribution in [2.24, 2.45) is 0 Å². The van der Waals surface area contributed by atoms with Gasteiger partial charge in [0, 0.05) is 23.3 Å². The van der Waals surface area contributed by atoms with E-state index in [4.69, 9.17) is 11.6 Å². The topological polar surface area (TPSA) is 86.8 Å². The van der Waals surface area contributed by atoms with E-state index in [2.05, 4.69) is 5.32 Å². The van der Waals surface area contributed by atoms with E-state index in [1.54, 1.807) is 25.1 Å². The van der Waals surface area contributed by atoms with Crippen molar-refractivity contribution in [3.63, 3.8) is 0 Å². The van der Waals surface area contributed by atoms with Crippen molar-refractivity contribution in [2.45, 2.75) is 70.4 Å². The lowest BCUT2D eigenvalue weighted by Crippen LogP contribution is -2.70. The number of benzene rings is 1. The molecule has 1 saturated heterocycles. The number of carbonyl (C=O) groups excluding carboxylic acids is 2. The highest BCUT2D eigenvalue weighted by molar-refractivity contribution is 7.88. The molecule has 31 heavy (non-hydrogen) atoms. The van der Waals surface area contributed by atoms with E-state index in [-0.39, 0.29) is 25.0 Å². The first kappa shape index (κ1) is 24.0. The van der Waals surface area contributed by atoms with E-state index in [9.17, 15) is 18.0 Å². The van der Waals surface area contributed by atoms with Crippen molar-refractivity contribution in [2.75, 3.05) is 24.2 Å². The fourth-order valence-electron chi connectivity index (χ4n) is 4.59. The van der Waals surface area contributed by atoms with E-state index in [0.717, 1.165) is 54.6 Å². The Morgan fingerprint density at radius 2 is 1.77 bits per heavy atom. The molecule has 1 aliphatic heterocycles. The standard InChI is InChI=1S/C22H32ClN3O4S/c1-16-13-17(23)11-12-19(16)26-20(27)14-25(31(3,29)30)15-22(26,2)21(28)24-18-9-7-5-4-6-8-10-18/h11-13,18H,4-10,14-15H2,1-3H3,(H,24,28)/t22-/m1/s1. The van der Waals surface area contributed by atoms with Gasteiger partial charge in [0.15, 0.2) is 0 Å². The van der Waals surface area contributed by atoms with Crippen molar-refractivity contribution >= 4 is 39.1 Å². The average Bonchev–Trinajstić information content (AvgIpc) is 2.64. The summed E-state index contributed by atoms with van der Waals surface area (Å²) in [4.78, 5) is 28.3. The molecule has 3 rings (SSSR count). The minimum atomic E-state index is -3.64. The zero-order chi connectivity index (χ0) is 22.8. The van der Waals surface area contributed by atoms with Gasteiger partial charge in [-0.3, -0.25) is 14.5 Å². The normalized spacial score (nSPS) is 24.5. The summed E-state index contributed by atoms with van der Waals surface area (Å²) in [6.45, 7) is 3.07. The first-order chi connectivity index (χ1) is 14.5. The van der Waals surface area contributed by atoms with Gasteiger partial charge in [0.05, 0.1) is 12.8 Å². The van der Waals surface area contributed by atoms with E-state index < -0.39 is 21.5 Å². The Labute approximate surface area is 190 Å². The highest BCUT2D eigenvalue weighted by atomic mass is 35.5. The van der Waals surface area contributed by atoms with Gasteiger partial charge in [-0.1, -0.05) is 43.7 Å². The van der Waals surface area contributed by atoms with Crippen LogP contribution in [0.3, 0.4) is 0 Å². The smallest absolute Gasteiger partial charge is 0.247 e. The molecule has 1 heterocycles. The van der Waals surface area contributed by atoms with Gasteiger partial charge >= 0.3 is 0 Å². The molecule has 1 aromatic carbocycles. The number of piperazine rings is 1. The summed E-state index contributed by atoms with van der Waals surface area (Å²) in [5.41, 5.74) is -0.0594. The lowest BCUT2D eigenvalue weighted by atomic mass is 9.91. The van der Waals surface area contributed by atoms with E-state index in [1.807, 2.05) is 6.92 Å². The molecule has 1 atom stereocenters. The van der Waals surface area contributed by atoms with Crippen LogP contribution in [-0.2, 0) is 19.6 Å². The second-order valence-electron chi connectivity index (χ2n) is 8.98. The number of nitrogens with zero attached hydrogens (tertiary/aromatic N) is 2. The average molecular weight is 470 g/mol. The van der Waals surface area contributed by atoms with Gasteiger partial charge in [0.1, 0.15) is 5.54 Å². The molecular weight excluding hydrogens is 438 g/mol. The predicted octanol–water partition coefficient (Wildman–Crippen LogP) is 3.24. The van der Waals surface area contributed by atoms with Crippen molar-refractivity contribution in [3.8, 4) is 0 Å². The number of sulfonamides is 1. The van der Waals surface area contributed by atoms with Gasteiger partial charge in [-0.05, 0) is 50.5 Å². The van der Waals surface area contributed by atoms with Crippen LogP contribution >= 0.6 is 11.6 Å². The number of amides is 2. The third-order valence-corrected chi connectivity index (χ3v) is 7.77. The fraction of sp³-hybridized carbons (Fsp3) is 0.636. The maximum Gasteiger partial charge on any atom is 0.247 e. The first-order valence-corrected chi connectivity index (χ1v) is 13.1. The van der Waals surface area contributed by atoms with Gasteiger partial charge in [0.2, 0.25) is 21.8 Å². The van der Waals surface area contributed by atoms with Crippen LogP contribution < -0.4 is 10.2 Å². The number of aryl methyl sites for hydroxylation is 1. The third kappa shape index (κ3) is 5.41. The summed E-state index contributed by atoms with van der Waals surface area (Å²) in [5.74, 6) is -0.758. The van der Waals surface area contributed by atoms with Crippen LogP contribution in [0.2, 0.25) is 5.02 Å². The van der Waals surface area contributed by atoms with Gasteiger partial charge in [-0.15, -0.1) is 0 Å². The number of nitrogens with one attached hydrogen (secondary N) is 1. The van der Waals surface area contributed by atoms with Crippen LogP contribution in [0.5, 0.6) is 0 Å². The zero-order valence-electron chi connectivity index (χ0n) is 18.5. The van der Waals surface area contributed by atoms with Crippen LogP contribution in [0, 0.1) is 6.92 Å². The molecule has 2 aliphatic rings. The largest absolute Gasteiger partial charge is 0.351 e. The minimum Gasteiger partial charge on any atom is -0.351 e. The lowest BCUT2D eigenvalue weighted by Gasteiger charge is -2.47. The number of hydrogen-bond donors (Lipinski definition) is 1. The molecule has 0 bridgehead atoms. The van der Waals surface area contributed by atoms with Crippen LogP contribution in [0.1, 0.15) is 57.4 Å². The van der Waals surface area contributed by atoms with Crippen molar-refractivity contribution in [1.29, 1.82) is 0 Å². The highest BCUT2D eigenvalue weighted by Gasteiger charge is 2.50. The summed E-state index contributed by atoms with van der Waals surface area (Å²) in [6.07, 6.45) is 8.49. The minimum absolute atomic E-state index is 0.0292. The summed E-state index contributed by atoms with van der Waals surface area (Å²) in [6, 6.07) is 5.15. The molecule has 1 aliphatic carbocycles. The molecule has 172 valence electrons. The molecule has 2 fully saturated rings. The molecule has 1 N–H and O–H groups in total. The Hall–Kier alpha value is -1.64. The molecule has 1 aromatic rings. The first-order valence-electron chi connectivity index (χ1n) is 10.9. The number of rotatable bonds is 4. The SMILES string of the molecule is Cc1cc(Cl)ccc1N1C(=O)CN(S(C)(=O)=O)C[C@]1(C)C(=O)NC1CCCCCCC1. The van der Waals surface area contributed by atoms with Crippen molar-refractivity contribution in [3.05, 3.63) is 28.8 Å². The quantitative estimate of drug-likeness (QED) is 0.733. The Bertz CT molecular complexity index is 944. The summed E-state index contributed by atoms with van der Waals surface area (Å²) in [7, 11) is -3.64. The molecule has 0 spiro atoms. The lowest BCUT2D eigenvalue weighted by molar-refractivity contribution is -0.133. The Morgan fingerprint density at radius 1 is 1.16 bits per heavy atom. The van der Waals surface area contributed by atoms with Gasteiger partial charge in [-0.2, -0.15) is 4.31 Å². The van der Waals surface area contributed by atoms with Crippen molar-refractivity contribution < 1.29 is 18.0 Å². The molecule has 0 radical (unpaired) electrons. The van der Waals surface area contributed by atoms with Crippen LogP contribution in [0.15, 0.2) is 18.2 Å². The van der Waals surface area contributed by atoms with E-state index in [1.165, 1.54) is 11.3 Å². The summed E-state index contributed by atoms with van der Waals surface area (Å²) < 4.78 is 25.6. The van der Waals surface area contributed by atoms with E-state index >= 15 is 0 Å². The number of halogens is 1. The Balaban J connectivity index is 1.97. The molecule has 2 amide bonds. The molecule has 0 unspecified atom stereocenters. The van der Waals surface area contributed by atoms with Crippen LogP contribution in [-0.4, -0.2) is 55.5 Å². The van der Waals surface area contributed by atoms with Gasteiger partial charge in [0.25, 0.3) is 0 Å². The molecule has 9 heteroatoms. The summed E-state index contributed by atoms with van der Waals surface area (Å²) >= 11 is 6.10. The zero-order valence-corrected chi connectivity index (χ0v) is 20.1. The van der Waals surface area contributed by atoms with Gasteiger partial charge < -0.3 is 5.32 Å². The number of carbonyl (C=O) groups is 2. The van der Waals surface area contributed by atoms with Gasteiger partial charge in [-0.25, -0.2) is 8.42 Å². The van der Waals surface area contributed by atoms with Crippen molar-refractivity contribution in [1.82, 2.24) is 9.62 Å². The second-order valence-corrected chi connectivity index (χ2v) is 11.4. The number of hydrogen-bond acceptors (Lipinski definition) is 4. The van der Waals surface area contributed by atoms with Crippen LogP contribution in [0.4, 0.5) is 5.69 Å². The molecule has 0 aromatic heterocycles. The fourth-order valence-corrected chi connectivity index (χ4v) is 5.64. The molecular formula is C22H32ClN3O4S. The number of anilines is 1. The van der Waals surface area contributed by atoms with E-state index in [0.29, 0.717) is 10.7 Å². The van der Waals surface area contributed by atoms with Crippen LogP contribution in [0.25, 0.3) is 0 Å². The maximum atomic E-state index is 13.6. The maximum absolute atomic E-state index is 13.6. The predicted molar refractivity (Wildman–Crippen MR) is 123 cm³/mol. The Kier molecular flexibility index (Phi) is 7.33. The second kappa shape index (κ2) is 9.46. The Morgan fingerprint density at radius 3 is 2.35 bits per heavy atom. The molecule has 1 saturated carbocycles. The summed E-state index contributed by atoms with van der Waals surface area (Å²) in [5, 5.41) is 3.67. The monoisotopic (exact) mass is 469 g/mol. The third-order valence-electron chi connectivity index (χ3n) is 6.34. The molecule has 7 nitrogen and oxygen atoms in total.